The summed E-state index contributed by atoms with van der Waals surface area (Å²) >= 11 is 0. The van der Waals surface area contributed by atoms with Crippen LogP contribution in [-0.2, 0) is 0 Å². The van der Waals surface area contributed by atoms with E-state index in [1.807, 2.05) is 26.0 Å². The van der Waals surface area contributed by atoms with Gasteiger partial charge < -0.3 is 15.8 Å². The third-order valence-corrected chi connectivity index (χ3v) is 2.48. The predicted molar refractivity (Wildman–Crippen MR) is 67.7 cm³/mol. The molecule has 1 unspecified atom stereocenters. The molecule has 1 atom stereocenters. The van der Waals surface area contributed by atoms with Gasteiger partial charge in [-0.05, 0) is 38.5 Å². The van der Waals surface area contributed by atoms with Crippen LogP contribution in [0.3, 0.4) is 0 Å². The molecule has 0 heterocycles. The molecule has 0 spiro atoms. The Morgan fingerprint density at radius 3 is 2.31 bits per heavy atom. The second kappa shape index (κ2) is 5.32. The lowest BCUT2D eigenvalue weighted by atomic mass is 10.0. The Morgan fingerprint density at radius 2 is 1.88 bits per heavy atom. The lowest BCUT2D eigenvalue weighted by Crippen LogP contribution is -2.43. The number of hydrogen-bond donors (Lipinski definition) is 2. The molecule has 0 aliphatic rings. The Balaban J connectivity index is 2.56. The summed E-state index contributed by atoms with van der Waals surface area (Å²) in [5.41, 5.74) is 6.99. The number of benzene rings is 1. The Morgan fingerprint density at radius 1 is 1.31 bits per heavy atom. The van der Waals surface area contributed by atoms with Crippen molar-refractivity contribution in [3.05, 3.63) is 29.8 Å². The number of nitrogens with one attached hydrogen (secondary N) is 1. The molecule has 1 rings (SSSR count). The fourth-order valence-corrected chi connectivity index (χ4v) is 1.43. The van der Waals surface area contributed by atoms with Crippen molar-refractivity contribution < 1.29 is 4.74 Å². The second-order valence-corrected chi connectivity index (χ2v) is 4.86. The highest BCUT2D eigenvalue weighted by atomic mass is 16.5. The standard InChI is InChI=1S/C13H22N2O/c1-10(15-9-13(2,3)14)11-5-7-12(16-4)8-6-11/h5-8,10,15H,9,14H2,1-4H3. The molecule has 0 amide bonds. The monoisotopic (exact) mass is 222 g/mol. The summed E-state index contributed by atoms with van der Waals surface area (Å²) in [5.74, 6) is 0.884. The van der Waals surface area contributed by atoms with Gasteiger partial charge in [0.15, 0.2) is 0 Å². The highest BCUT2D eigenvalue weighted by Gasteiger charge is 2.12. The molecule has 0 bridgehead atoms. The first-order valence-corrected chi connectivity index (χ1v) is 5.58. The molecular formula is C13H22N2O. The molecule has 0 radical (unpaired) electrons. The van der Waals surface area contributed by atoms with E-state index in [9.17, 15) is 0 Å². The second-order valence-electron chi connectivity index (χ2n) is 4.86. The van der Waals surface area contributed by atoms with Crippen LogP contribution in [0.1, 0.15) is 32.4 Å². The Kier molecular flexibility index (Phi) is 4.33. The van der Waals surface area contributed by atoms with Crippen LogP contribution in [0.15, 0.2) is 24.3 Å². The third-order valence-electron chi connectivity index (χ3n) is 2.48. The van der Waals surface area contributed by atoms with Crippen LogP contribution in [-0.4, -0.2) is 19.2 Å². The van der Waals surface area contributed by atoms with E-state index in [0.29, 0.717) is 6.04 Å². The molecule has 0 aliphatic carbocycles. The van der Waals surface area contributed by atoms with Gasteiger partial charge in [0.2, 0.25) is 0 Å². The van der Waals surface area contributed by atoms with E-state index >= 15 is 0 Å². The summed E-state index contributed by atoms with van der Waals surface area (Å²) in [6.45, 7) is 6.95. The average Bonchev–Trinajstić information content (AvgIpc) is 2.25. The summed E-state index contributed by atoms with van der Waals surface area (Å²) in [5, 5.41) is 3.41. The summed E-state index contributed by atoms with van der Waals surface area (Å²) in [4.78, 5) is 0. The summed E-state index contributed by atoms with van der Waals surface area (Å²) in [6, 6.07) is 8.39. The van der Waals surface area contributed by atoms with Gasteiger partial charge in [-0.15, -0.1) is 0 Å². The van der Waals surface area contributed by atoms with E-state index in [2.05, 4.69) is 24.4 Å². The van der Waals surface area contributed by atoms with Crippen molar-refractivity contribution in [1.29, 1.82) is 0 Å². The van der Waals surface area contributed by atoms with Crippen molar-refractivity contribution in [3.63, 3.8) is 0 Å². The maximum absolute atomic E-state index is 5.92. The van der Waals surface area contributed by atoms with Gasteiger partial charge in [0, 0.05) is 18.1 Å². The number of hydrogen-bond acceptors (Lipinski definition) is 3. The lowest BCUT2D eigenvalue weighted by molar-refractivity contribution is 0.413. The molecule has 0 aromatic heterocycles. The van der Waals surface area contributed by atoms with E-state index in [0.717, 1.165) is 12.3 Å². The molecule has 3 N–H and O–H groups in total. The highest BCUT2D eigenvalue weighted by molar-refractivity contribution is 5.28. The predicted octanol–water partition coefficient (Wildman–Crippen LogP) is 2.08. The molecular weight excluding hydrogens is 200 g/mol. The van der Waals surface area contributed by atoms with Gasteiger partial charge in [-0.2, -0.15) is 0 Å². The minimum atomic E-state index is -0.180. The zero-order valence-corrected chi connectivity index (χ0v) is 10.6. The van der Waals surface area contributed by atoms with Crippen LogP contribution >= 0.6 is 0 Å². The number of rotatable bonds is 5. The SMILES string of the molecule is COc1ccc(C(C)NCC(C)(C)N)cc1. The summed E-state index contributed by atoms with van der Waals surface area (Å²) < 4.78 is 5.12. The van der Waals surface area contributed by atoms with Crippen LogP contribution in [0.5, 0.6) is 5.75 Å². The van der Waals surface area contributed by atoms with Crippen molar-refractivity contribution in [3.8, 4) is 5.75 Å². The number of methoxy groups -OCH3 is 1. The minimum absolute atomic E-state index is 0.180. The van der Waals surface area contributed by atoms with Gasteiger partial charge in [0.25, 0.3) is 0 Å². The normalized spacial score (nSPS) is 13.6. The van der Waals surface area contributed by atoms with Crippen LogP contribution in [0.2, 0.25) is 0 Å². The minimum Gasteiger partial charge on any atom is -0.497 e. The Bertz CT molecular complexity index is 314. The van der Waals surface area contributed by atoms with Gasteiger partial charge >= 0.3 is 0 Å². The molecule has 0 fully saturated rings. The topological polar surface area (TPSA) is 47.3 Å². The fourth-order valence-electron chi connectivity index (χ4n) is 1.43. The average molecular weight is 222 g/mol. The molecule has 1 aromatic rings. The zero-order valence-electron chi connectivity index (χ0n) is 10.6. The smallest absolute Gasteiger partial charge is 0.118 e. The van der Waals surface area contributed by atoms with Crippen LogP contribution < -0.4 is 15.8 Å². The van der Waals surface area contributed by atoms with Crippen LogP contribution in [0.4, 0.5) is 0 Å². The van der Waals surface area contributed by atoms with Crippen molar-refractivity contribution >= 4 is 0 Å². The molecule has 16 heavy (non-hydrogen) atoms. The highest BCUT2D eigenvalue weighted by Crippen LogP contribution is 2.17. The van der Waals surface area contributed by atoms with Crippen molar-refractivity contribution in [2.75, 3.05) is 13.7 Å². The van der Waals surface area contributed by atoms with Gasteiger partial charge in [-0.25, -0.2) is 0 Å². The van der Waals surface area contributed by atoms with E-state index in [1.54, 1.807) is 7.11 Å². The summed E-state index contributed by atoms with van der Waals surface area (Å²) in [6.07, 6.45) is 0. The van der Waals surface area contributed by atoms with Crippen LogP contribution in [0.25, 0.3) is 0 Å². The maximum Gasteiger partial charge on any atom is 0.118 e. The first kappa shape index (κ1) is 13.0. The first-order valence-electron chi connectivity index (χ1n) is 5.58. The molecule has 0 saturated carbocycles. The first-order chi connectivity index (χ1) is 7.42. The van der Waals surface area contributed by atoms with Gasteiger partial charge in [-0.3, -0.25) is 0 Å². The van der Waals surface area contributed by atoms with E-state index in [1.165, 1.54) is 5.56 Å². The van der Waals surface area contributed by atoms with Gasteiger partial charge in [-0.1, -0.05) is 12.1 Å². The Labute approximate surface area is 98.0 Å². The number of ether oxygens (including phenoxy) is 1. The maximum atomic E-state index is 5.92. The quantitative estimate of drug-likeness (QED) is 0.802. The molecule has 3 heteroatoms. The van der Waals surface area contributed by atoms with Crippen molar-refractivity contribution in [2.24, 2.45) is 5.73 Å². The fraction of sp³-hybridized carbons (Fsp3) is 0.538. The molecule has 1 aromatic carbocycles. The van der Waals surface area contributed by atoms with Crippen LogP contribution in [0, 0.1) is 0 Å². The molecule has 90 valence electrons. The molecule has 0 saturated heterocycles. The van der Waals surface area contributed by atoms with E-state index in [4.69, 9.17) is 10.5 Å². The largest absolute Gasteiger partial charge is 0.497 e. The van der Waals surface area contributed by atoms with E-state index < -0.39 is 0 Å². The van der Waals surface area contributed by atoms with Gasteiger partial charge in [0.1, 0.15) is 5.75 Å². The van der Waals surface area contributed by atoms with Crippen molar-refractivity contribution in [1.82, 2.24) is 5.32 Å². The summed E-state index contributed by atoms with van der Waals surface area (Å²) in [7, 11) is 1.67. The lowest BCUT2D eigenvalue weighted by Gasteiger charge is -2.23. The molecule has 3 nitrogen and oxygen atoms in total. The molecule has 0 aliphatic heterocycles. The Hall–Kier alpha value is -1.06. The van der Waals surface area contributed by atoms with E-state index in [-0.39, 0.29) is 5.54 Å². The number of nitrogens with two attached hydrogens (primary N) is 1. The zero-order chi connectivity index (χ0) is 12.2. The van der Waals surface area contributed by atoms with Crippen molar-refractivity contribution in [2.45, 2.75) is 32.4 Å². The third kappa shape index (κ3) is 4.21. The van der Waals surface area contributed by atoms with Gasteiger partial charge in [0.05, 0.1) is 7.11 Å².